The van der Waals surface area contributed by atoms with Crippen molar-refractivity contribution in [2.24, 2.45) is 0 Å². The van der Waals surface area contributed by atoms with Crippen LogP contribution in [-0.4, -0.2) is 46.0 Å². The van der Waals surface area contributed by atoms with E-state index in [-0.39, 0.29) is 16.5 Å². The van der Waals surface area contributed by atoms with Gasteiger partial charge < -0.3 is 15.0 Å². The Kier molecular flexibility index (Phi) is 5.42. The molecule has 0 aliphatic carbocycles. The number of thioether (sulfide) groups is 1. The van der Waals surface area contributed by atoms with Gasteiger partial charge in [0, 0.05) is 12.2 Å². The van der Waals surface area contributed by atoms with Gasteiger partial charge in [-0.15, -0.1) is 11.8 Å². The number of ether oxygens (including phenoxy) is 1. The molecule has 2 atom stereocenters. The van der Waals surface area contributed by atoms with Gasteiger partial charge in [-0.1, -0.05) is 29.3 Å². The maximum Gasteiger partial charge on any atom is 0.330 e. The molecule has 0 saturated carbocycles. The SMILES string of the molecule is Cc1ccc(Cl)c(NC(=O)COC(=O)[C@H]2CS[C@@]3(C)CCC(=O)N23)c1Cl. The number of fused-ring (bicyclic) bond motifs is 1. The minimum absolute atomic E-state index is 0.0535. The standard InChI is InChI=1S/C17H18Cl2N2O4S/c1-9-3-4-10(18)15(14(9)19)20-12(22)7-25-16(24)11-8-26-17(2)6-5-13(23)21(11)17/h3-4,11H,5-8H2,1-2H3,(H,20,22)/t11-,17+/m1/s1. The van der Waals surface area contributed by atoms with Gasteiger partial charge in [0.05, 0.1) is 20.6 Å². The van der Waals surface area contributed by atoms with E-state index in [4.69, 9.17) is 27.9 Å². The maximum atomic E-state index is 12.4. The fourth-order valence-corrected chi connectivity index (χ4v) is 5.06. The number of esters is 1. The normalized spacial score (nSPS) is 24.5. The van der Waals surface area contributed by atoms with Crippen LogP contribution >= 0.6 is 35.0 Å². The summed E-state index contributed by atoms with van der Waals surface area (Å²) in [5.41, 5.74) is 1.05. The number of carbonyl (C=O) groups is 3. The van der Waals surface area contributed by atoms with E-state index < -0.39 is 24.5 Å². The van der Waals surface area contributed by atoms with E-state index in [1.54, 1.807) is 35.7 Å². The van der Waals surface area contributed by atoms with Crippen LogP contribution in [0, 0.1) is 6.92 Å². The van der Waals surface area contributed by atoms with Crippen molar-refractivity contribution < 1.29 is 19.1 Å². The third-order valence-corrected chi connectivity index (χ3v) is 6.92. The molecule has 0 unspecified atom stereocenters. The summed E-state index contributed by atoms with van der Waals surface area (Å²) in [6.45, 7) is 3.26. The minimum Gasteiger partial charge on any atom is -0.454 e. The lowest BCUT2D eigenvalue weighted by Gasteiger charge is -2.29. The summed E-state index contributed by atoms with van der Waals surface area (Å²) in [5, 5.41) is 3.20. The van der Waals surface area contributed by atoms with E-state index in [1.165, 1.54) is 0 Å². The van der Waals surface area contributed by atoms with Gasteiger partial charge in [0.1, 0.15) is 6.04 Å². The monoisotopic (exact) mass is 416 g/mol. The van der Waals surface area contributed by atoms with E-state index in [2.05, 4.69) is 5.32 Å². The molecule has 2 amide bonds. The second-order valence-electron chi connectivity index (χ2n) is 6.47. The van der Waals surface area contributed by atoms with E-state index in [1.807, 2.05) is 6.92 Å². The van der Waals surface area contributed by atoms with Crippen LogP contribution in [0.3, 0.4) is 0 Å². The van der Waals surface area contributed by atoms with Gasteiger partial charge in [0.25, 0.3) is 5.91 Å². The maximum absolute atomic E-state index is 12.4. The average Bonchev–Trinajstić information content (AvgIpc) is 3.09. The zero-order valence-electron chi connectivity index (χ0n) is 14.3. The minimum atomic E-state index is -0.654. The van der Waals surface area contributed by atoms with E-state index in [0.717, 1.165) is 5.56 Å². The summed E-state index contributed by atoms with van der Waals surface area (Å²) in [6, 6.07) is 2.71. The Morgan fingerprint density at radius 2 is 2.15 bits per heavy atom. The summed E-state index contributed by atoms with van der Waals surface area (Å²) in [4.78, 5) is 37.8. The molecular formula is C17H18Cl2N2O4S. The third-order valence-electron chi connectivity index (χ3n) is 4.61. The summed E-state index contributed by atoms with van der Waals surface area (Å²) < 4.78 is 5.13. The van der Waals surface area contributed by atoms with Gasteiger partial charge in [-0.25, -0.2) is 4.79 Å². The molecule has 0 bridgehead atoms. The van der Waals surface area contributed by atoms with Crippen LogP contribution in [0.4, 0.5) is 5.69 Å². The summed E-state index contributed by atoms with van der Waals surface area (Å²) in [5.74, 6) is -0.706. The van der Waals surface area contributed by atoms with Crippen molar-refractivity contribution in [1.82, 2.24) is 4.90 Å². The first-order valence-corrected chi connectivity index (χ1v) is 9.84. The lowest BCUT2D eigenvalue weighted by Crippen LogP contribution is -2.47. The van der Waals surface area contributed by atoms with Crippen molar-refractivity contribution in [1.29, 1.82) is 0 Å². The van der Waals surface area contributed by atoms with Crippen molar-refractivity contribution in [3.63, 3.8) is 0 Å². The van der Waals surface area contributed by atoms with Gasteiger partial charge >= 0.3 is 5.97 Å². The Morgan fingerprint density at radius 3 is 2.88 bits per heavy atom. The summed E-state index contributed by atoms with van der Waals surface area (Å²) >= 11 is 13.8. The number of halogens is 2. The molecule has 3 rings (SSSR count). The first-order valence-electron chi connectivity index (χ1n) is 8.10. The molecule has 2 aliphatic heterocycles. The number of benzene rings is 1. The highest BCUT2D eigenvalue weighted by molar-refractivity contribution is 8.01. The number of hydrogen-bond acceptors (Lipinski definition) is 5. The summed E-state index contributed by atoms with van der Waals surface area (Å²) in [6.07, 6.45) is 1.14. The molecule has 0 radical (unpaired) electrons. The molecular weight excluding hydrogens is 399 g/mol. The molecule has 1 aromatic rings. The molecule has 2 heterocycles. The first-order chi connectivity index (χ1) is 12.2. The van der Waals surface area contributed by atoms with E-state index in [0.29, 0.717) is 28.6 Å². The Labute approximate surface area is 165 Å². The van der Waals surface area contributed by atoms with Crippen LogP contribution in [-0.2, 0) is 19.1 Å². The quantitative estimate of drug-likeness (QED) is 0.762. The van der Waals surface area contributed by atoms with Gasteiger partial charge in [-0.3, -0.25) is 9.59 Å². The van der Waals surface area contributed by atoms with E-state index in [9.17, 15) is 14.4 Å². The molecule has 2 fully saturated rings. The number of hydrogen-bond donors (Lipinski definition) is 1. The lowest BCUT2D eigenvalue weighted by molar-refractivity contribution is -0.155. The highest BCUT2D eigenvalue weighted by atomic mass is 35.5. The van der Waals surface area contributed by atoms with Gasteiger partial charge in [0.2, 0.25) is 5.91 Å². The molecule has 9 heteroatoms. The van der Waals surface area contributed by atoms with Crippen LogP contribution in [0.2, 0.25) is 10.0 Å². The first kappa shape index (κ1) is 19.3. The van der Waals surface area contributed by atoms with Crippen molar-refractivity contribution >= 4 is 58.4 Å². The molecule has 0 aromatic heterocycles. The predicted octanol–water partition coefficient (Wildman–Crippen LogP) is 3.24. The molecule has 1 aromatic carbocycles. The predicted molar refractivity (Wildman–Crippen MR) is 102 cm³/mol. The van der Waals surface area contributed by atoms with Crippen LogP contribution in [0.25, 0.3) is 0 Å². The van der Waals surface area contributed by atoms with Gasteiger partial charge in [-0.2, -0.15) is 0 Å². The zero-order valence-corrected chi connectivity index (χ0v) is 16.6. The topological polar surface area (TPSA) is 75.7 Å². The molecule has 1 N–H and O–H groups in total. The molecule has 0 spiro atoms. The Morgan fingerprint density at radius 1 is 1.42 bits per heavy atom. The zero-order chi connectivity index (χ0) is 19.1. The fourth-order valence-electron chi connectivity index (χ4n) is 3.17. The number of anilines is 1. The van der Waals surface area contributed by atoms with E-state index >= 15 is 0 Å². The number of aryl methyl sites for hydroxylation is 1. The van der Waals surface area contributed by atoms with Crippen LogP contribution in [0.15, 0.2) is 12.1 Å². The molecule has 2 saturated heterocycles. The van der Waals surface area contributed by atoms with Crippen molar-refractivity contribution in [2.75, 3.05) is 17.7 Å². The largest absolute Gasteiger partial charge is 0.454 e. The Bertz CT molecular complexity index is 788. The molecule has 140 valence electrons. The molecule has 6 nitrogen and oxygen atoms in total. The van der Waals surface area contributed by atoms with Crippen molar-refractivity contribution in [3.8, 4) is 0 Å². The van der Waals surface area contributed by atoms with Gasteiger partial charge in [-0.05, 0) is 31.9 Å². The van der Waals surface area contributed by atoms with Crippen molar-refractivity contribution in [3.05, 3.63) is 27.7 Å². The van der Waals surface area contributed by atoms with Crippen LogP contribution in [0.1, 0.15) is 25.3 Å². The second-order valence-corrected chi connectivity index (χ2v) is 8.76. The number of rotatable bonds is 4. The highest BCUT2D eigenvalue weighted by Gasteiger charge is 2.53. The second kappa shape index (κ2) is 7.29. The van der Waals surface area contributed by atoms with Crippen LogP contribution in [0.5, 0.6) is 0 Å². The fraction of sp³-hybridized carbons (Fsp3) is 0.471. The van der Waals surface area contributed by atoms with Crippen LogP contribution < -0.4 is 5.32 Å². The number of nitrogens with zero attached hydrogens (tertiary/aromatic N) is 1. The van der Waals surface area contributed by atoms with Gasteiger partial charge in [0.15, 0.2) is 6.61 Å². The molecule has 26 heavy (non-hydrogen) atoms. The smallest absolute Gasteiger partial charge is 0.330 e. The molecule has 2 aliphatic rings. The third kappa shape index (κ3) is 3.52. The van der Waals surface area contributed by atoms with Crippen molar-refractivity contribution in [2.45, 2.75) is 37.6 Å². The Balaban J connectivity index is 1.59. The summed E-state index contributed by atoms with van der Waals surface area (Å²) in [7, 11) is 0. The average molecular weight is 417 g/mol. The number of carbonyl (C=O) groups excluding carboxylic acids is 3. The number of amides is 2. The number of nitrogens with one attached hydrogen (secondary N) is 1. The highest BCUT2D eigenvalue weighted by Crippen LogP contribution is 2.47. The Hall–Kier alpha value is -1.44. The lowest BCUT2D eigenvalue weighted by atomic mass is 10.2.